The molecule has 4 heterocycles. The molecule has 0 bridgehead atoms. The lowest BCUT2D eigenvalue weighted by molar-refractivity contribution is -0.192. The highest BCUT2D eigenvalue weighted by Crippen LogP contribution is 2.26. The third kappa shape index (κ3) is 5.65. The summed E-state index contributed by atoms with van der Waals surface area (Å²) in [5.74, 6) is -2.67. The summed E-state index contributed by atoms with van der Waals surface area (Å²) in [4.78, 5) is 30.3. The third-order valence-corrected chi connectivity index (χ3v) is 4.18. The number of halogens is 3. The Morgan fingerprint density at radius 3 is 2.41 bits per heavy atom. The summed E-state index contributed by atoms with van der Waals surface area (Å²) < 4.78 is 40.7. The second-order valence-corrected chi connectivity index (χ2v) is 6.87. The van der Waals surface area contributed by atoms with E-state index in [9.17, 15) is 18.0 Å². The van der Waals surface area contributed by atoms with Crippen LogP contribution in [0.1, 0.15) is 16.2 Å². The molecule has 0 fully saturated rings. The summed E-state index contributed by atoms with van der Waals surface area (Å²) in [6.45, 7) is 1.72. The standard InChI is InChI=1S/C18H17N7O2.C2HF3O2/c1-11-16(27-18(21-11)12-8-20-24(2)9-12)17(26)22-14-10-25(3)23-15(14)13-6-4-5-7-19-13;3-2(4,5)1(6)7/h4-10H,1-3H3,(H,22,26);(H,6,7). The van der Waals surface area contributed by atoms with Crippen LogP contribution in [0.3, 0.4) is 0 Å². The Balaban J connectivity index is 0.000000406. The van der Waals surface area contributed by atoms with E-state index in [-0.39, 0.29) is 5.76 Å². The number of nitrogens with zero attached hydrogens (tertiary/aromatic N) is 6. The van der Waals surface area contributed by atoms with Gasteiger partial charge in [0.2, 0.25) is 11.7 Å². The van der Waals surface area contributed by atoms with Gasteiger partial charge in [-0.15, -0.1) is 0 Å². The third-order valence-electron chi connectivity index (χ3n) is 4.18. The van der Waals surface area contributed by atoms with Crippen LogP contribution in [0, 0.1) is 6.92 Å². The van der Waals surface area contributed by atoms with Crippen molar-refractivity contribution >= 4 is 17.6 Å². The van der Waals surface area contributed by atoms with Crippen LogP contribution in [0.2, 0.25) is 0 Å². The summed E-state index contributed by atoms with van der Waals surface area (Å²) in [6.07, 6.45) is 1.71. The first-order valence-electron chi connectivity index (χ1n) is 9.48. The molecule has 0 saturated carbocycles. The maximum absolute atomic E-state index is 12.8. The minimum absolute atomic E-state index is 0.143. The summed E-state index contributed by atoms with van der Waals surface area (Å²) in [7, 11) is 3.58. The average molecular weight is 477 g/mol. The summed E-state index contributed by atoms with van der Waals surface area (Å²) >= 11 is 0. The fourth-order valence-corrected chi connectivity index (χ4v) is 2.71. The molecule has 1 amide bonds. The van der Waals surface area contributed by atoms with Crippen LogP contribution < -0.4 is 5.32 Å². The maximum Gasteiger partial charge on any atom is 0.490 e. The Morgan fingerprint density at radius 2 is 1.85 bits per heavy atom. The molecule has 0 saturated heterocycles. The number of aryl methyl sites for hydroxylation is 3. The predicted octanol–water partition coefficient (Wildman–Crippen LogP) is 3.06. The molecule has 34 heavy (non-hydrogen) atoms. The zero-order valence-electron chi connectivity index (χ0n) is 18.0. The second-order valence-electron chi connectivity index (χ2n) is 6.87. The monoisotopic (exact) mass is 477 g/mol. The Bertz CT molecular complexity index is 1310. The van der Waals surface area contributed by atoms with Gasteiger partial charge in [0.25, 0.3) is 5.91 Å². The van der Waals surface area contributed by atoms with E-state index in [4.69, 9.17) is 14.3 Å². The normalized spacial score (nSPS) is 11.0. The van der Waals surface area contributed by atoms with Gasteiger partial charge in [-0.2, -0.15) is 23.4 Å². The number of rotatable bonds is 4. The van der Waals surface area contributed by atoms with Crippen molar-refractivity contribution in [2.75, 3.05) is 5.32 Å². The van der Waals surface area contributed by atoms with E-state index in [1.165, 1.54) is 0 Å². The molecule has 0 atom stereocenters. The number of pyridine rings is 1. The van der Waals surface area contributed by atoms with Gasteiger partial charge >= 0.3 is 12.1 Å². The van der Waals surface area contributed by atoms with Gasteiger partial charge in [0.1, 0.15) is 5.69 Å². The summed E-state index contributed by atoms with van der Waals surface area (Å²) in [5, 5.41) is 18.4. The highest BCUT2D eigenvalue weighted by atomic mass is 19.4. The van der Waals surface area contributed by atoms with Crippen molar-refractivity contribution in [3.8, 4) is 22.8 Å². The molecule has 0 radical (unpaired) electrons. The Kier molecular flexibility index (Phi) is 6.79. The fraction of sp³-hybridized carbons (Fsp3) is 0.200. The highest BCUT2D eigenvalue weighted by molar-refractivity contribution is 6.04. The van der Waals surface area contributed by atoms with Crippen LogP contribution in [0.25, 0.3) is 22.8 Å². The molecule has 14 heteroatoms. The molecule has 4 rings (SSSR count). The zero-order valence-corrected chi connectivity index (χ0v) is 18.0. The molecule has 0 aromatic carbocycles. The average Bonchev–Trinajstić information content (AvgIpc) is 3.46. The number of hydrogen-bond donors (Lipinski definition) is 2. The fourth-order valence-electron chi connectivity index (χ4n) is 2.71. The van der Waals surface area contributed by atoms with Crippen molar-refractivity contribution < 1.29 is 32.3 Å². The number of carbonyl (C=O) groups is 2. The Morgan fingerprint density at radius 1 is 1.15 bits per heavy atom. The molecule has 0 aliphatic carbocycles. The molecule has 0 aliphatic heterocycles. The predicted molar refractivity (Wildman–Crippen MR) is 112 cm³/mol. The smallest absolute Gasteiger partial charge is 0.475 e. The Labute approximate surface area is 189 Å². The summed E-state index contributed by atoms with van der Waals surface area (Å²) in [5.41, 5.74) is 2.99. The van der Waals surface area contributed by atoms with Gasteiger partial charge in [-0.25, -0.2) is 9.78 Å². The first kappa shape index (κ1) is 24.2. The van der Waals surface area contributed by atoms with Crippen molar-refractivity contribution in [1.82, 2.24) is 29.5 Å². The van der Waals surface area contributed by atoms with E-state index in [0.29, 0.717) is 34.2 Å². The van der Waals surface area contributed by atoms with E-state index in [0.717, 1.165) is 0 Å². The number of amides is 1. The molecule has 0 spiro atoms. The number of anilines is 1. The number of nitrogens with one attached hydrogen (secondary N) is 1. The lowest BCUT2D eigenvalue weighted by atomic mass is 10.2. The van der Waals surface area contributed by atoms with Crippen molar-refractivity contribution in [1.29, 1.82) is 0 Å². The number of aromatic nitrogens is 6. The van der Waals surface area contributed by atoms with Gasteiger partial charge in [-0.3, -0.25) is 19.1 Å². The highest BCUT2D eigenvalue weighted by Gasteiger charge is 2.38. The SMILES string of the molecule is Cc1nc(-c2cnn(C)c2)oc1C(=O)Nc1cn(C)nc1-c1ccccn1.O=C(O)C(F)(F)F. The molecule has 4 aromatic rings. The van der Waals surface area contributed by atoms with Crippen LogP contribution in [-0.4, -0.2) is 52.7 Å². The number of carboxylic acid groups (broad SMARTS) is 1. The number of alkyl halides is 3. The van der Waals surface area contributed by atoms with Crippen LogP contribution >= 0.6 is 0 Å². The van der Waals surface area contributed by atoms with Gasteiger partial charge in [0.05, 0.1) is 28.8 Å². The van der Waals surface area contributed by atoms with E-state index in [1.807, 2.05) is 18.2 Å². The number of oxazole rings is 1. The molecule has 178 valence electrons. The lowest BCUT2D eigenvalue weighted by Gasteiger charge is -2.03. The van der Waals surface area contributed by atoms with Crippen LogP contribution in [0.5, 0.6) is 0 Å². The molecule has 11 nitrogen and oxygen atoms in total. The van der Waals surface area contributed by atoms with Gasteiger partial charge in [0.15, 0.2) is 0 Å². The van der Waals surface area contributed by atoms with E-state index < -0.39 is 18.1 Å². The minimum Gasteiger partial charge on any atom is -0.475 e. The van der Waals surface area contributed by atoms with Crippen molar-refractivity contribution in [3.63, 3.8) is 0 Å². The molecular formula is C20H18F3N7O4. The van der Waals surface area contributed by atoms with Gasteiger partial charge in [-0.05, 0) is 19.1 Å². The van der Waals surface area contributed by atoms with Crippen molar-refractivity contribution in [2.24, 2.45) is 14.1 Å². The van der Waals surface area contributed by atoms with E-state index in [1.54, 1.807) is 55.2 Å². The largest absolute Gasteiger partial charge is 0.490 e. The number of hydrogen-bond acceptors (Lipinski definition) is 7. The lowest BCUT2D eigenvalue weighted by Crippen LogP contribution is -2.21. The van der Waals surface area contributed by atoms with Gasteiger partial charge in [-0.1, -0.05) is 6.07 Å². The first-order valence-corrected chi connectivity index (χ1v) is 9.48. The number of aliphatic carboxylic acids is 1. The van der Waals surface area contributed by atoms with Crippen LogP contribution in [0.4, 0.5) is 18.9 Å². The zero-order chi connectivity index (χ0) is 25.0. The quantitative estimate of drug-likeness (QED) is 0.457. The molecular weight excluding hydrogens is 459 g/mol. The maximum atomic E-state index is 12.8. The Hall–Kier alpha value is -4.49. The van der Waals surface area contributed by atoms with E-state index >= 15 is 0 Å². The first-order chi connectivity index (χ1) is 16.0. The van der Waals surface area contributed by atoms with Crippen LogP contribution in [0.15, 0.2) is 47.4 Å². The molecule has 0 unspecified atom stereocenters. The molecule has 4 aromatic heterocycles. The van der Waals surface area contributed by atoms with Gasteiger partial charge < -0.3 is 14.8 Å². The topological polar surface area (TPSA) is 141 Å². The van der Waals surface area contributed by atoms with Crippen LogP contribution in [-0.2, 0) is 18.9 Å². The number of carboxylic acids is 1. The minimum atomic E-state index is -5.08. The molecule has 2 N–H and O–H groups in total. The van der Waals surface area contributed by atoms with Crippen molar-refractivity contribution in [3.05, 3.63) is 54.4 Å². The number of carbonyl (C=O) groups excluding carboxylic acids is 1. The summed E-state index contributed by atoms with van der Waals surface area (Å²) in [6, 6.07) is 5.52. The second kappa shape index (κ2) is 9.56. The van der Waals surface area contributed by atoms with Crippen molar-refractivity contribution in [2.45, 2.75) is 13.1 Å². The van der Waals surface area contributed by atoms with E-state index in [2.05, 4.69) is 25.5 Å². The molecule has 0 aliphatic rings. The van der Waals surface area contributed by atoms with Gasteiger partial charge in [0, 0.05) is 32.7 Å².